The van der Waals surface area contributed by atoms with Crippen molar-refractivity contribution in [3.05, 3.63) is 108 Å². The molecule has 5 heteroatoms. The van der Waals surface area contributed by atoms with Crippen LogP contribution in [-0.2, 0) is 15.8 Å². The molecule has 0 saturated heterocycles. The van der Waals surface area contributed by atoms with Gasteiger partial charge in [0, 0.05) is 12.5 Å². The smallest absolute Gasteiger partial charge is 0.215 e. The molecule has 0 fully saturated rings. The molecule has 0 aromatic heterocycles. The lowest BCUT2D eigenvalue weighted by molar-refractivity contribution is 0.0481. The minimum Gasteiger partial charge on any atom is -0.388 e. The van der Waals surface area contributed by atoms with E-state index in [1.807, 2.05) is 78.9 Å². The fourth-order valence-corrected chi connectivity index (χ4v) is 4.65. The van der Waals surface area contributed by atoms with Gasteiger partial charge in [-0.2, -0.15) is 0 Å². The molecule has 2 N–H and O–H groups in total. The fraction of sp³-hybridized carbons (Fsp3) is 0.217. The molecule has 0 bridgehead atoms. The maximum atomic E-state index is 12.5. The highest BCUT2D eigenvalue weighted by Crippen LogP contribution is 2.34. The highest BCUT2D eigenvalue weighted by Gasteiger charge is 2.35. The zero-order chi connectivity index (χ0) is 20.0. The zero-order valence-corrected chi connectivity index (χ0v) is 16.6. The molecule has 146 valence electrons. The molecule has 0 amide bonds. The van der Waals surface area contributed by atoms with Gasteiger partial charge in [-0.25, -0.2) is 13.1 Å². The average molecular weight is 396 g/mol. The maximum absolute atomic E-state index is 12.5. The van der Waals surface area contributed by atoms with Gasteiger partial charge in [0.1, 0.15) is 0 Å². The summed E-state index contributed by atoms with van der Waals surface area (Å²) in [6, 6.07) is 28.3. The van der Waals surface area contributed by atoms with E-state index in [1.165, 1.54) is 0 Å². The predicted molar refractivity (Wildman–Crippen MR) is 112 cm³/mol. The summed E-state index contributed by atoms with van der Waals surface area (Å²) in [5, 5.41) is 11.3. The van der Waals surface area contributed by atoms with Crippen molar-refractivity contribution in [1.82, 2.24) is 4.72 Å². The van der Waals surface area contributed by atoms with Gasteiger partial charge in [-0.15, -0.1) is 0 Å². The van der Waals surface area contributed by atoms with Crippen molar-refractivity contribution >= 4 is 10.0 Å². The second kappa shape index (κ2) is 8.69. The summed E-state index contributed by atoms with van der Waals surface area (Å²) in [4.78, 5) is 0. The van der Waals surface area contributed by atoms with Gasteiger partial charge < -0.3 is 5.11 Å². The molecule has 0 radical (unpaired) electrons. The summed E-state index contributed by atoms with van der Waals surface area (Å²) in [5.74, 6) is -0.486. The van der Waals surface area contributed by atoms with Gasteiger partial charge >= 0.3 is 0 Å². The van der Waals surface area contributed by atoms with Crippen LogP contribution in [0.25, 0.3) is 0 Å². The van der Waals surface area contributed by atoms with Crippen molar-refractivity contribution in [2.45, 2.75) is 24.2 Å². The first-order valence-corrected chi connectivity index (χ1v) is 10.9. The van der Waals surface area contributed by atoms with E-state index in [4.69, 9.17) is 0 Å². The number of hydrogen-bond acceptors (Lipinski definition) is 3. The summed E-state index contributed by atoms with van der Waals surface area (Å²) in [7, 11) is -3.58. The van der Waals surface area contributed by atoms with Crippen molar-refractivity contribution in [2.75, 3.05) is 6.54 Å². The first kappa shape index (κ1) is 20.3. The van der Waals surface area contributed by atoms with Gasteiger partial charge in [0.2, 0.25) is 10.0 Å². The van der Waals surface area contributed by atoms with Gasteiger partial charge in [0.05, 0.1) is 11.4 Å². The zero-order valence-electron chi connectivity index (χ0n) is 15.8. The van der Waals surface area contributed by atoms with Crippen LogP contribution in [0.4, 0.5) is 0 Å². The molecule has 0 saturated carbocycles. The molecule has 3 aromatic carbocycles. The van der Waals surface area contributed by atoms with E-state index in [0.717, 1.165) is 11.1 Å². The van der Waals surface area contributed by atoms with E-state index < -0.39 is 15.6 Å². The van der Waals surface area contributed by atoms with Gasteiger partial charge in [-0.1, -0.05) is 91.0 Å². The number of sulfonamides is 1. The summed E-state index contributed by atoms with van der Waals surface area (Å²) in [6.07, 6.45) is 0. The van der Waals surface area contributed by atoms with Gasteiger partial charge in [-0.3, -0.25) is 0 Å². The number of rotatable bonds is 8. The van der Waals surface area contributed by atoms with E-state index >= 15 is 0 Å². The highest BCUT2D eigenvalue weighted by molar-refractivity contribution is 7.88. The van der Waals surface area contributed by atoms with Crippen LogP contribution in [0.2, 0.25) is 0 Å². The van der Waals surface area contributed by atoms with Gasteiger partial charge in [0.15, 0.2) is 0 Å². The lowest BCUT2D eigenvalue weighted by atomic mass is 9.78. The SMILES string of the molecule is CC(O)(CNS(=O)(=O)Cc1ccccc1)C(c1ccccc1)c1ccccc1. The minimum absolute atomic E-state index is 0.0867. The Hall–Kier alpha value is -2.47. The van der Waals surface area contributed by atoms with Crippen LogP contribution in [0.5, 0.6) is 0 Å². The fourth-order valence-electron chi connectivity index (χ4n) is 3.40. The van der Waals surface area contributed by atoms with Crippen molar-refractivity contribution in [3.63, 3.8) is 0 Å². The number of benzene rings is 3. The summed E-state index contributed by atoms with van der Waals surface area (Å²) in [5.41, 5.74) is 1.26. The van der Waals surface area contributed by atoms with Crippen molar-refractivity contribution in [3.8, 4) is 0 Å². The molecule has 0 aliphatic rings. The second-order valence-electron chi connectivity index (χ2n) is 7.18. The maximum Gasteiger partial charge on any atom is 0.215 e. The molecule has 0 spiro atoms. The van der Waals surface area contributed by atoms with E-state index in [9.17, 15) is 13.5 Å². The molecular weight excluding hydrogens is 370 g/mol. The molecule has 3 rings (SSSR count). The Morgan fingerprint density at radius 3 is 1.71 bits per heavy atom. The molecule has 0 heterocycles. The normalized spacial score (nSPS) is 14.0. The molecule has 0 aliphatic heterocycles. The van der Waals surface area contributed by atoms with Crippen LogP contribution in [0, 0.1) is 0 Å². The van der Waals surface area contributed by atoms with Crippen LogP contribution in [0.15, 0.2) is 91.0 Å². The summed E-state index contributed by atoms with van der Waals surface area (Å²) >= 11 is 0. The van der Waals surface area contributed by atoms with E-state index in [0.29, 0.717) is 5.56 Å². The molecule has 0 aliphatic carbocycles. The Balaban J connectivity index is 1.82. The van der Waals surface area contributed by atoms with Gasteiger partial charge in [-0.05, 0) is 23.6 Å². The standard InChI is InChI=1S/C23H25NO3S/c1-23(25,18-24-28(26,27)17-19-11-5-2-6-12-19)22(20-13-7-3-8-14-20)21-15-9-4-10-16-21/h2-16,22,24-25H,17-18H2,1H3. The number of hydrogen-bond donors (Lipinski definition) is 2. The van der Waals surface area contributed by atoms with Crippen LogP contribution in [0.3, 0.4) is 0 Å². The summed E-state index contributed by atoms with van der Waals surface area (Å²) in [6.45, 7) is 1.58. The Morgan fingerprint density at radius 1 is 0.821 bits per heavy atom. The molecule has 1 unspecified atom stereocenters. The highest BCUT2D eigenvalue weighted by atomic mass is 32.2. The lowest BCUT2D eigenvalue weighted by Gasteiger charge is -2.34. The average Bonchev–Trinajstić information content (AvgIpc) is 2.69. The molecule has 4 nitrogen and oxygen atoms in total. The molecular formula is C23H25NO3S. The van der Waals surface area contributed by atoms with Crippen molar-refractivity contribution < 1.29 is 13.5 Å². The van der Waals surface area contributed by atoms with E-state index in [2.05, 4.69) is 4.72 Å². The van der Waals surface area contributed by atoms with Crippen LogP contribution in [-0.4, -0.2) is 25.7 Å². The van der Waals surface area contributed by atoms with Crippen LogP contribution < -0.4 is 4.72 Å². The summed E-state index contributed by atoms with van der Waals surface area (Å²) < 4.78 is 27.6. The largest absolute Gasteiger partial charge is 0.388 e. The number of nitrogens with one attached hydrogen (secondary N) is 1. The van der Waals surface area contributed by atoms with Crippen molar-refractivity contribution in [1.29, 1.82) is 0 Å². The Morgan fingerprint density at radius 2 is 1.25 bits per heavy atom. The van der Waals surface area contributed by atoms with Crippen LogP contribution >= 0.6 is 0 Å². The van der Waals surface area contributed by atoms with E-state index in [1.54, 1.807) is 19.1 Å². The molecule has 1 atom stereocenters. The van der Waals surface area contributed by atoms with Gasteiger partial charge in [0.25, 0.3) is 0 Å². The van der Waals surface area contributed by atoms with E-state index in [-0.39, 0.29) is 18.2 Å². The van der Waals surface area contributed by atoms with Crippen LogP contribution in [0.1, 0.15) is 29.5 Å². The first-order valence-electron chi connectivity index (χ1n) is 9.21. The third-order valence-electron chi connectivity index (χ3n) is 4.74. The molecule has 3 aromatic rings. The quantitative estimate of drug-likeness (QED) is 0.611. The number of aliphatic hydroxyl groups is 1. The van der Waals surface area contributed by atoms with Crippen molar-refractivity contribution in [2.24, 2.45) is 0 Å². The lowest BCUT2D eigenvalue weighted by Crippen LogP contribution is -2.45. The second-order valence-corrected chi connectivity index (χ2v) is 8.98. The molecule has 28 heavy (non-hydrogen) atoms. The topological polar surface area (TPSA) is 66.4 Å². The Kier molecular flexibility index (Phi) is 6.29. The third kappa shape index (κ3) is 5.29. The first-order chi connectivity index (χ1) is 13.4. The Bertz CT molecular complexity index is 933. The monoisotopic (exact) mass is 395 g/mol. The predicted octanol–water partition coefficient (Wildman–Crippen LogP) is 3.69. The Labute approximate surface area is 166 Å². The minimum atomic E-state index is -3.58. The third-order valence-corrected chi connectivity index (χ3v) is 6.03.